The van der Waals surface area contributed by atoms with Gasteiger partial charge in [0.25, 0.3) is 0 Å². The van der Waals surface area contributed by atoms with Gasteiger partial charge in [0.15, 0.2) is 9.84 Å². The molecule has 1 fully saturated rings. The fourth-order valence-electron chi connectivity index (χ4n) is 2.31. The summed E-state index contributed by atoms with van der Waals surface area (Å²) in [6.45, 7) is 5.21. The third kappa shape index (κ3) is 5.70. The number of carboxylic acid groups (broad SMARTS) is 1. The number of nitrogens with one attached hydrogen (secondary N) is 1. The number of ether oxygens (including phenoxy) is 1. The van der Waals surface area contributed by atoms with Gasteiger partial charge in [-0.3, -0.25) is 0 Å². The SMILES string of the molecule is CC(C)(C)OC(=O)NCC1CCC(S(C)(=O)=O)CN1C(=O)O. The van der Waals surface area contributed by atoms with Crippen LogP contribution in [0, 0.1) is 0 Å². The van der Waals surface area contributed by atoms with E-state index in [2.05, 4.69) is 5.32 Å². The van der Waals surface area contributed by atoms with E-state index in [9.17, 15) is 23.1 Å². The Morgan fingerprint density at radius 2 is 1.91 bits per heavy atom. The number of alkyl carbamates (subject to hydrolysis) is 1. The van der Waals surface area contributed by atoms with Gasteiger partial charge in [0.1, 0.15) is 5.60 Å². The van der Waals surface area contributed by atoms with E-state index in [0.29, 0.717) is 12.8 Å². The molecule has 0 aromatic heterocycles. The molecular formula is C13H24N2O6S. The maximum Gasteiger partial charge on any atom is 0.407 e. The van der Waals surface area contributed by atoms with E-state index in [4.69, 9.17) is 4.74 Å². The smallest absolute Gasteiger partial charge is 0.407 e. The van der Waals surface area contributed by atoms with Crippen molar-refractivity contribution in [1.82, 2.24) is 10.2 Å². The van der Waals surface area contributed by atoms with Crippen molar-refractivity contribution < 1.29 is 27.9 Å². The summed E-state index contributed by atoms with van der Waals surface area (Å²) in [7, 11) is -3.29. The minimum absolute atomic E-state index is 0.0746. The molecule has 0 aromatic rings. The van der Waals surface area contributed by atoms with Crippen LogP contribution < -0.4 is 5.32 Å². The Kier molecular flexibility index (Phi) is 5.66. The lowest BCUT2D eigenvalue weighted by molar-refractivity contribution is 0.0492. The molecule has 1 aliphatic rings. The van der Waals surface area contributed by atoms with Crippen LogP contribution in [0.4, 0.5) is 9.59 Å². The quantitative estimate of drug-likeness (QED) is 0.797. The van der Waals surface area contributed by atoms with Crippen LogP contribution in [0.15, 0.2) is 0 Å². The lowest BCUT2D eigenvalue weighted by atomic mass is 10.0. The lowest BCUT2D eigenvalue weighted by Crippen LogP contribution is -2.54. The molecule has 22 heavy (non-hydrogen) atoms. The van der Waals surface area contributed by atoms with Gasteiger partial charge in [0, 0.05) is 19.3 Å². The highest BCUT2D eigenvalue weighted by Crippen LogP contribution is 2.22. The molecule has 2 N–H and O–H groups in total. The molecule has 9 heteroatoms. The highest BCUT2D eigenvalue weighted by atomic mass is 32.2. The van der Waals surface area contributed by atoms with Gasteiger partial charge < -0.3 is 20.1 Å². The largest absolute Gasteiger partial charge is 0.465 e. The van der Waals surface area contributed by atoms with Crippen LogP contribution in [-0.4, -0.2) is 66.8 Å². The summed E-state index contributed by atoms with van der Waals surface area (Å²) >= 11 is 0. The zero-order chi connectivity index (χ0) is 17.1. The zero-order valence-electron chi connectivity index (χ0n) is 13.3. The van der Waals surface area contributed by atoms with E-state index >= 15 is 0 Å². The summed E-state index contributed by atoms with van der Waals surface area (Å²) in [5, 5.41) is 11.1. The first-order chi connectivity index (χ1) is 9.90. The van der Waals surface area contributed by atoms with E-state index in [1.807, 2.05) is 0 Å². The predicted octanol–water partition coefficient (Wildman–Crippen LogP) is 1.07. The molecule has 1 rings (SSSR count). The third-order valence-electron chi connectivity index (χ3n) is 3.40. The molecule has 2 unspecified atom stereocenters. The van der Waals surface area contributed by atoms with Crippen molar-refractivity contribution in [2.45, 2.75) is 50.5 Å². The summed E-state index contributed by atoms with van der Waals surface area (Å²) < 4.78 is 28.2. The first kappa shape index (κ1) is 18.5. The van der Waals surface area contributed by atoms with Gasteiger partial charge in [0.2, 0.25) is 0 Å². The van der Waals surface area contributed by atoms with Crippen molar-refractivity contribution in [3.8, 4) is 0 Å². The van der Waals surface area contributed by atoms with Crippen LogP contribution >= 0.6 is 0 Å². The van der Waals surface area contributed by atoms with Crippen LogP contribution in [-0.2, 0) is 14.6 Å². The summed E-state index contributed by atoms with van der Waals surface area (Å²) in [6.07, 6.45) is 0.0486. The summed E-state index contributed by atoms with van der Waals surface area (Å²) in [4.78, 5) is 24.0. The maximum atomic E-state index is 11.6. The average molecular weight is 336 g/mol. The van der Waals surface area contributed by atoms with Crippen LogP contribution in [0.1, 0.15) is 33.6 Å². The van der Waals surface area contributed by atoms with Gasteiger partial charge in [-0.2, -0.15) is 0 Å². The van der Waals surface area contributed by atoms with Crippen LogP contribution in [0.5, 0.6) is 0 Å². The molecule has 0 bridgehead atoms. The van der Waals surface area contributed by atoms with E-state index in [1.165, 1.54) is 0 Å². The fourth-order valence-corrected chi connectivity index (χ4v) is 3.30. The topological polar surface area (TPSA) is 113 Å². The Labute approximate surface area is 130 Å². The molecule has 1 heterocycles. The Morgan fingerprint density at radius 1 is 1.32 bits per heavy atom. The molecule has 1 aliphatic heterocycles. The molecule has 128 valence electrons. The van der Waals surface area contributed by atoms with E-state index in [0.717, 1.165) is 11.2 Å². The van der Waals surface area contributed by atoms with E-state index in [-0.39, 0.29) is 13.1 Å². The van der Waals surface area contributed by atoms with Crippen LogP contribution in [0.25, 0.3) is 0 Å². The van der Waals surface area contributed by atoms with Gasteiger partial charge in [0.05, 0.1) is 11.3 Å². The molecule has 0 saturated carbocycles. The number of piperidine rings is 1. The number of carbonyl (C=O) groups is 2. The van der Waals surface area contributed by atoms with Gasteiger partial charge in [-0.05, 0) is 33.6 Å². The number of carbonyl (C=O) groups excluding carboxylic acids is 1. The Bertz CT molecular complexity index is 525. The van der Waals surface area contributed by atoms with Crippen LogP contribution in [0.3, 0.4) is 0 Å². The molecule has 0 spiro atoms. The van der Waals surface area contributed by atoms with Gasteiger partial charge in [-0.25, -0.2) is 18.0 Å². The molecule has 2 amide bonds. The highest BCUT2D eigenvalue weighted by molar-refractivity contribution is 7.91. The number of hydrogen-bond donors (Lipinski definition) is 2. The standard InChI is InChI=1S/C13H24N2O6S/c1-13(2,3)21-11(16)14-7-9-5-6-10(22(4,19)20)8-15(9)12(17)18/h9-10H,5-8H2,1-4H3,(H,14,16)(H,17,18). The molecule has 0 radical (unpaired) electrons. The van der Waals surface area contributed by atoms with Crippen molar-refractivity contribution in [3.63, 3.8) is 0 Å². The fraction of sp³-hybridized carbons (Fsp3) is 0.846. The third-order valence-corrected chi connectivity index (χ3v) is 4.99. The number of nitrogens with zero attached hydrogens (tertiary/aromatic N) is 1. The lowest BCUT2D eigenvalue weighted by Gasteiger charge is -2.37. The molecule has 0 aromatic carbocycles. The van der Waals surface area contributed by atoms with E-state index < -0.39 is 38.9 Å². The number of likely N-dealkylation sites (tertiary alicyclic amines) is 1. The Morgan fingerprint density at radius 3 is 2.36 bits per heavy atom. The minimum Gasteiger partial charge on any atom is -0.465 e. The van der Waals surface area contributed by atoms with Gasteiger partial charge >= 0.3 is 12.2 Å². The average Bonchev–Trinajstić information content (AvgIpc) is 2.32. The number of sulfone groups is 1. The van der Waals surface area contributed by atoms with Crippen molar-refractivity contribution >= 4 is 22.0 Å². The molecule has 1 saturated heterocycles. The summed E-state index contributed by atoms with van der Waals surface area (Å²) in [5.41, 5.74) is -0.634. The molecule has 2 atom stereocenters. The monoisotopic (exact) mass is 336 g/mol. The van der Waals surface area contributed by atoms with Crippen molar-refractivity contribution in [2.24, 2.45) is 0 Å². The second-order valence-corrected chi connectivity index (χ2v) is 8.83. The second-order valence-electron chi connectivity index (χ2n) is 6.50. The van der Waals surface area contributed by atoms with Gasteiger partial charge in [-0.15, -0.1) is 0 Å². The predicted molar refractivity (Wildman–Crippen MR) is 80.6 cm³/mol. The Hall–Kier alpha value is -1.51. The van der Waals surface area contributed by atoms with Crippen molar-refractivity contribution in [2.75, 3.05) is 19.3 Å². The maximum absolute atomic E-state index is 11.6. The first-order valence-electron chi connectivity index (χ1n) is 7.05. The molecule has 0 aliphatic carbocycles. The normalized spacial score (nSPS) is 23.0. The second kappa shape index (κ2) is 6.72. The van der Waals surface area contributed by atoms with E-state index in [1.54, 1.807) is 20.8 Å². The first-order valence-corrected chi connectivity index (χ1v) is 9.01. The number of hydrogen-bond acceptors (Lipinski definition) is 5. The van der Waals surface area contributed by atoms with Crippen molar-refractivity contribution in [3.05, 3.63) is 0 Å². The van der Waals surface area contributed by atoms with Gasteiger partial charge in [-0.1, -0.05) is 0 Å². The number of rotatable bonds is 3. The summed E-state index contributed by atoms with van der Waals surface area (Å²) in [6, 6.07) is -0.456. The number of amides is 2. The molecular weight excluding hydrogens is 312 g/mol. The Balaban J connectivity index is 2.63. The minimum atomic E-state index is -3.29. The molecule has 8 nitrogen and oxygen atoms in total. The summed E-state index contributed by atoms with van der Waals surface area (Å²) in [5.74, 6) is 0. The zero-order valence-corrected chi connectivity index (χ0v) is 14.1. The van der Waals surface area contributed by atoms with Crippen molar-refractivity contribution in [1.29, 1.82) is 0 Å². The highest BCUT2D eigenvalue weighted by Gasteiger charge is 2.36. The van der Waals surface area contributed by atoms with Crippen LogP contribution in [0.2, 0.25) is 0 Å².